The molecule has 1 fully saturated rings. The van der Waals surface area contributed by atoms with Crippen molar-refractivity contribution in [2.45, 2.75) is 32.4 Å². The van der Waals surface area contributed by atoms with Crippen LogP contribution in [0.5, 0.6) is 0 Å². The highest BCUT2D eigenvalue weighted by molar-refractivity contribution is 4.82. The molecule has 0 aliphatic carbocycles. The minimum Gasteiger partial charge on any atom is -0.375 e. The van der Waals surface area contributed by atoms with E-state index in [1.54, 1.807) is 0 Å². The molecule has 3 heteroatoms. The predicted octanol–water partition coefficient (Wildman–Crippen LogP) is 0.444. The third kappa shape index (κ3) is 3.52. The minimum atomic E-state index is -0.00696. The Morgan fingerprint density at radius 3 is 2.42 bits per heavy atom. The first-order valence-electron chi connectivity index (χ1n) is 4.59. The van der Waals surface area contributed by atoms with Crippen molar-refractivity contribution in [2.75, 3.05) is 26.2 Å². The third-order valence-electron chi connectivity index (χ3n) is 1.93. The molecule has 0 aromatic carbocycles. The second kappa shape index (κ2) is 3.73. The Bertz CT molecular complexity index is 136. The molecule has 0 bridgehead atoms. The fraction of sp³-hybridized carbons (Fsp3) is 1.00. The summed E-state index contributed by atoms with van der Waals surface area (Å²) in [5.74, 6) is 0. The van der Waals surface area contributed by atoms with E-state index < -0.39 is 0 Å². The lowest BCUT2D eigenvalue weighted by molar-refractivity contribution is -0.0216. The first-order valence-corrected chi connectivity index (χ1v) is 4.59. The van der Waals surface area contributed by atoms with Crippen LogP contribution in [-0.4, -0.2) is 42.8 Å². The Morgan fingerprint density at radius 1 is 1.42 bits per heavy atom. The van der Waals surface area contributed by atoms with Gasteiger partial charge in [-0.15, -0.1) is 0 Å². The van der Waals surface area contributed by atoms with E-state index in [0.717, 1.165) is 26.2 Å². The van der Waals surface area contributed by atoms with Gasteiger partial charge in [0.1, 0.15) is 0 Å². The summed E-state index contributed by atoms with van der Waals surface area (Å²) >= 11 is 0. The predicted molar refractivity (Wildman–Crippen MR) is 50.1 cm³/mol. The molecule has 1 heterocycles. The van der Waals surface area contributed by atoms with Crippen molar-refractivity contribution >= 4 is 0 Å². The molecule has 1 saturated heterocycles. The number of ether oxygens (including phenoxy) is 1. The first kappa shape index (κ1) is 9.96. The lowest BCUT2D eigenvalue weighted by Gasteiger charge is -2.37. The van der Waals surface area contributed by atoms with Crippen LogP contribution in [0.4, 0.5) is 0 Å². The largest absolute Gasteiger partial charge is 0.375 e. The van der Waals surface area contributed by atoms with Crippen molar-refractivity contribution in [3.05, 3.63) is 0 Å². The zero-order valence-corrected chi connectivity index (χ0v) is 8.34. The Kier molecular flexibility index (Phi) is 3.09. The van der Waals surface area contributed by atoms with E-state index in [2.05, 4.69) is 25.7 Å². The van der Waals surface area contributed by atoms with Crippen LogP contribution in [0.2, 0.25) is 0 Å². The zero-order valence-electron chi connectivity index (χ0n) is 8.34. The smallest absolute Gasteiger partial charge is 0.0600 e. The van der Waals surface area contributed by atoms with E-state index in [1.165, 1.54) is 0 Å². The van der Waals surface area contributed by atoms with Gasteiger partial charge in [0.15, 0.2) is 0 Å². The molecule has 3 nitrogen and oxygen atoms in total. The normalized spacial score (nSPS) is 21.0. The Labute approximate surface area is 74.9 Å². The van der Waals surface area contributed by atoms with Gasteiger partial charge < -0.3 is 10.5 Å². The van der Waals surface area contributed by atoms with E-state index in [9.17, 15) is 0 Å². The van der Waals surface area contributed by atoms with E-state index in [0.29, 0.717) is 6.04 Å². The SMILES string of the molecule is CC(C)(C)OCCN1CC(N)C1. The zero-order chi connectivity index (χ0) is 9.19. The second-order valence-electron chi connectivity index (χ2n) is 4.48. The molecule has 2 N–H and O–H groups in total. The van der Waals surface area contributed by atoms with Gasteiger partial charge >= 0.3 is 0 Å². The van der Waals surface area contributed by atoms with Gasteiger partial charge in [-0.1, -0.05) is 0 Å². The molecule has 0 atom stereocenters. The fourth-order valence-corrected chi connectivity index (χ4v) is 1.27. The minimum absolute atomic E-state index is 0.00696. The van der Waals surface area contributed by atoms with E-state index in [-0.39, 0.29) is 5.60 Å². The molecule has 1 rings (SSSR count). The topological polar surface area (TPSA) is 38.5 Å². The number of hydrogen-bond acceptors (Lipinski definition) is 3. The molecule has 0 saturated carbocycles. The van der Waals surface area contributed by atoms with Crippen LogP contribution >= 0.6 is 0 Å². The van der Waals surface area contributed by atoms with Crippen LogP contribution in [0.1, 0.15) is 20.8 Å². The van der Waals surface area contributed by atoms with Crippen LogP contribution in [0, 0.1) is 0 Å². The lowest BCUT2D eigenvalue weighted by Crippen LogP contribution is -2.56. The maximum absolute atomic E-state index is 5.64. The molecular formula is C9H20N2O. The van der Waals surface area contributed by atoms with Gasteiger partial charge in [-0.25, -0.2) is 0 Å². The van der Waals surface area contributed by atoms with Crippen molar-refractivity contribution in [1.29, 1.82) is 0 Å². The molecule has 0 radical (unpaired) electrons. The van der Waals surface area contributed by atoms with Crippen molar-refractivity contribution in [2.24, 2.45) is 5.73 Å². The summed E-state index contributed by atoms with van der Waals surface area (Å²) < 4.78 is 5.59. The Morgan fingerprint density at radius 2 is 2.00 bits per heavy atom. The molecule has 12 heavy (non-hydrogen) atoms. The number of nitrogens with two attached hydrogens (primary N) is 1. The molecule has 0 unspecified atom stereocenters. The van der Waals surface area contributed by atoms with Gasteiger partial charge in [-0.2, -0.15) is 0 Å². The molecule has 0 spiro atoms. The average molecular weight is 172 g/mol. The molecule has 1 aliphatic heterocycles. The summed E-state index contributed by atoms with van der Waals surface area (Å²) in [6, 6.07) is 0.402. The number of rotatable bonds is 3. The van der Waals surface area contributed by atoms with Gasteiger partial charge in [-0.05, 0) is 20.8 Å². The Balaban J connectivity index is 1.97. The fourth-order valence-electron chi connectivity index (χ4n) is 1.27. The average Bonchev–Trinajstić information content (AvgIpc) is 1.81. The van der Waals surface area contributed by atoms with Crippen LogP contribution in [-0.2, 0) is 4.74 Å². The van der Waals surface area contributed by atoms with Crippen molar-refractivity contribution < 1.29 is 4.74 Å². The number of likely N-dealkylation sites (tertiary alicyclic amines) is 1. The van der Waals surface area contributed by atoms with Crippen molar-refractivity contribution in [1.82, 2.24) is 4.90 Å². The molecule has 0 aromatic heterocycles. The van der Waals surface area contributed by atoms with Crippen LogP contribution in [0.15, 0.2) is 0 Å². The van der Waals surface area contributed by atoms with Gasteiger partial charge in [0.05, 0.1) is 12.2 Å². The molecule has 0 amide bonds. The lowest BCUT2D eigenvalue weighted by atomic mass is 10.1. The number of hydrogen-bond donors (Lipinski definition) is 1. The van der Waals surface area contributed by atoms with Crippen LogP contribution in [0.25, 0.3) is 0 Å². The van der Waals surface area contributed by atoms with E-state index in [4.69, 9.17) is 10.5 Å². The maximum atomic E-state index is 5.64. The van der Waals surface area contributed by atoms with Gasteiger partial charge in [0, 0.05) is 25.7 Å². The summed E-state index contributed by atoms with van der Waals surface area (Å²) in [6.45, 7) is 10.1. The van der Waals surface area contributed by atoms with Gasteiger partial charge in [0.25, 0.3) is 0 Å². The van der Waals surface area contributed by atoms with Gasteiger partial charge in [-0.3, -0.25) is 4.90 Å². The molecular weight excluding hydrogens is 152 g/mol. The van der Waals surface area contributed by atoms with E-state index >= 15 is 0 Å². The van der Waals surface area contributed by atoms with E-state index in [1.807, 2.05) is 0 Å². The highest BCUT2D eigenvalue weighted by Crippen LogP contribution is 2.08. The molecule has 72 valence electrons. The maximum Gasteiger partial charge on any atom is 0.0600 e. The van der Waals surface area contributed by atoms with Crippen molar-refractivity contribution in [3.63, 3.8) is 0 Å². The summed E-state index contributed by atoms with van der Waals surface area (Å²) in [5, 5.41) is 0. The molecule has 1 aliphatic rings. The first-order chi connectivity index (χ1) is 5.47. The molecule has 0 aromatic rings. The number of nitrogens with zero attached hydrogens (tertiary/aromatic N) is 1. The summed E-state index contributed by atoms with van der Waals surface area (Å²) in [6.07, 6.45) is 0. The highest BCUT2D eigenvalue weighted by Gasteiger charge is 2.22. The summed E-state index contributed by atoms with van der Waals surface area (Å²) in [7, 11) is 0. The Hall–Kier alpha value is -0.120. The standard InChI is InChI=1S/C9H20N2O/c1-9(2,3)12-5-4-11-6-8(10)7-11/h8H,4-7,10H2,1-3H3. The highest BCUT2D eigenvalue weighted by atomic mass is 16.5. The van der Waals surface area contributed by atoms with Crippen LogP contribution in [0.3, 0.4) is 0 Å². The van der Waals surface area contributed by atoms with Crippen LogP contribution < -0.4 is 5.73 Å². The van der Waals surface area contributed by atoms with Gasteiger partial charge in [0.2, 0.25) is 0 Å². The summed E-state index contributed by atoms with van der Waals surface area (Å²) in [4.78, 5) is 2.32. The van der Waals surface area contributed by atoms with Crippen molar-refractivity contribution in [3.8, 4) is 0 Å². The second-order valence-corrected chi connectivity index (χ2v) is 4.48. The quantitative estimate of drug-likeness (QED) is 0.671. The monoisotopic (exact) mass is 172 g/mol. The summed E-state index contributed by atoms with van der Waals surface area (Å²) in [5.41, 5.74) is 5.64. The third-order valence-corrected chi connectivity index (χ3v) is 1.93.